The van der Waals surface area contributed by atoms with E-state index >= 15 is 0 Å². The Morgan fingerprint density at radius 1 is 1.22 bits per heavy atom. The van der Waals surface area contributed by atoms with Crippen molar-refractivity contribution in [2.75, 3.05) is 37.6 Å². The van der Waals surface area contributed by atoms with E-state index in [0.29, 0.717) is 0 Å². The van der Waals surface area contributed by atoms with E-state index in [1.54, 1.807) is 0 Å². The molecule has 140 valence electrons. The van der Waals surface area contributed by atoms with Gasteiger partial charge in [0.15, 0.2) is 5.13 Å². The smallest absolute Gasteiger partial charge is 0.185 e. The lowest BCUT2D eigenvalue weighted by Crippen LogP contribution is -2.46. The van der Waals surface area contributed by atoms with Crippen LogP contribution in [-0.4, -0.2) is 47.6 Å². The Balaban J connectivity index is 1.29. The molecule has 2 aromatic heterocycles. The largest absolute Gasteiger partial charge is 0.361 e. The van der Waals surface area contributed by atoms with Gasteiger partial charge in [-0.2, -0.15) is 5.26 Å². The number of hydrogen-bond acceptors (Lipinski definition) is 5. The SMILES string of the molecule is Cc1nc(N2CCN(CCCc3c[nH]c4ccc(C#N)cc34)CC2)sc1C. The lowest BCUT2D eigenvalue weighted by Gasteiger charge is -2.34. The number of hydrogen-bond donors (Lipinski definition) is 1. The van der Waals surface area contributed by atoms with Crippen LogP contribution in [0.2, 0.25) is 0 Å². The molecule has 0 radical (unpaired) electrons. The average molecular weight is 380 g/mol. The summed E-state index contributed by atoms with van der Waals surface area (Å²) in [6.07, 6.45) is 4.27. The van der Waals surface area contributed by atoms with E-state index in [1.165, 1.54) is 21.0 Å². The van der Waals surface area contributed by atoms with Gasteiger partial charge in [0, 0.05) is 48.2 Å². The van der Waals surface area contributed by atoms with E-state index < -0.39 is 0 Å². The van der Waals surface area contributed by atoms with Crippen LogP contribution in [0.1, 0.15) is 28.1 Å². The van der Waals surface area contributed by atoms with Gasteiger partial charge in [0.2, 0.25) is 0 Å². The summed E-state index contributed by atoms with van der Waals surface area (Å²) in [6, 6.07) is 8.10. The van der Waals surface area contributed by atoms with Gasteiger partial charge >= 0.3 is 0 Å². The monoisotopic (exact) mass is 379 g/mol. The number of aromatic nitrogens is 2. The van der Waals surface area contributed by atoms with Crippen molar-refractivity contribution in [3.05, 3.63) is 46.1 Å². The molecule has 1 N–H and O–H groups in total. The maximum absolute atomic E-state index is 9.12. The molecule has 0 unspecified atom stereocenters. The molecule has 6 heteroatoms. The Hall–Kier alpha value is -2.36. The first-order valence-electron chi connectivity index (χ1n) is 9.55. The highest BCUT2D eigenvalue weighted by Crippen LogP contribution is 2.26. The number of aryl methyl sites for hydroxylation is 3. The molecule has 5 nitrogen and oxygen atoms in total. The normalized spacial score (nSPS) is 15.4. The number of piperazine rings is 1. The Morgan fingerprint density at radius 3 is 2.74 bits per heavy atom. The molecule has 0 spiro atoms. The molecule has 0 atom stereocenters. The number of rotatable bonds is 5. The first-order valence-corrected chi connectivity index (χ1v) is 10.4. The van der Waals surface area contributed by atoms with E-state index in [0.717, 1.165) is 62.3 Å². The van der Waals surface area contributed by atoms with Crippen LogP contribution < -0.4 is 4.90 Å². The highest BCUT2D eigenvalue weighted by atomic mass is 32.1. The number of aromatic amines is 1. The van der Waals surface area contributed by atoms with Crippen LogP contribution in [0.15, 0.2) is 24.4 Å². The van der Waals surface area contributed by atoms with E-state index in [-0.39, 0.29) is 0 Å². The molecule has 1 saturated heterocycles. The number of anilines is 1. The first kappa shape index (κ1) is 18.0. The number of fused-ring (bicyclic) bond motifs is 1. The van der Waals surface area contributed by atoms with Gasteiger partial charge in [0.1, 0.15) is 0 Å². The molecule has 0 aliphatic carbocycles. The molecule has 1 aromatic carbocycles. The number of H-pyrrole nitrogens is 1. The second-order valence-electron chi connectivity index (χ2n) is 7.26. The van der Waals surface area contributed by atoms with Crippen LogP contribution in [0.5, 0.6) is 0 Å². The van der Waals surface area contributed by atoms with Gasteiger partial charge < -0.3 is 9.88 Å². The second-order valence-corrected chi connectivity index (χ2v) is 8.44. The van der Waals surface area contributed by atoms with Crippen molar-refractivity contribution in [1.29, 1.82) is 5.26 Å². The lowest BCUT2D eigenvalue weighted by molar-refractivity contribution is 0.255. The van der Waals surface area contributed by atoms with Crippen molar-refractivity contribution in [2.24, 2.45) is 0 Å². The number of thiazole rings is 1. The standard InChI is InChI=1S/C21H25N5S/c1-15-16(2)27-21(24-15)26-10-8-25(9-11-26)7-3-4-18-14-23-20-6-5-17(13-22)12-19(18)20/h5-6,12,14,23H,3-4,7-11H2,1-2H3. The van der Waals surface area contributed by atoms with Gasteiger partial charge in [-0.05, 0) is 57.0 Å². The number of nitrogens with one attached hydrogen (secondary N) is 1. The lowest BCUT2D eigenvalue weighted by atomic mass is 10.1. The van der Waals surface area contributed by atoms with Crippen molar-refractivity contribution < 1.29 is 0 Å². The molecule has 1 aliphatic rings. The van der Waals surface area contributed by atoms with Gasteiger partial charge in [-0.3, -0.25) is 4.90 Å². The van der Waals surface area contributed by atoms with Gasteiger partial charge in [-0.1, -0.05) is 0 Å². The molecule has 3 aromatic rings. The molecule has 3 heterocycles. The second kappa shape index (κ2) is 7.71. The predicted octanol–water partition coefficient (Wildman–Crippen LogP) is 3.87. The van der Waals surface area contributed by atoms with Crippen molar-refractivity contribution in [3.8, 4) is 6.07 Å². The number of nitriles is 1. The molecule has 0 saturated carbocycles. The Labute approximate surface area is 164 Å². The van der Waals surface area contributed by atoms with Gasteiger partial charge in [-0.15, -0.1) is 11.3 Å². The molecule has 4 rings (SSSR count). The summed E-state index contributed by atoms with van der Waals surface area (Å²) in [7, 11) is 0. The number of nitrogens with zero attached hydrogens (tertiary/aromatic N) is 4. The molecule has 0 amide bonds. The quantitative estimate of drug-likeness (QED) is 0.731. The minimum Gasteiger partial charge on any atom is -0.361 e. The molecule has 1 aliphatic heterocycles. The number of benzene rings is 1. The fraction of sp³-hybridized carbons (Fsp3) is 0.429. The summed E-state index contributed by atoms with van der Waals surface area (Å²) in [5.74, 6) is 0. The third-order valence-electron chi connectivity index (χ3n) is 5.48. The summed E-state index contributed by atoms with van der Waals surface area (Å²) in [5.41, 5.74) is 4.32. The fourth-order valence-corrected chi connectivity index (χ4v) is 4.66. The Bertz CT molecular complexity index is 953. The zero-order valence-corrected chi connectivity index (χ0v) is 16.8. The van der Waals surface area contributed by atoms with Gasteiger partial charge in [0.25, 0.3) is 0 Å². The fourth-order valence-electron chi connectivity index (χ4n) is 3.70. The van der Waals surface area contributed by atoms with E-state index in [9.17, 15) is 0 Å². The average Bonchev–Trinajstić information content (AvgIpc) is 3.25. The van der Waals surface area contributed by atoms with Crippen molar-refractivity contribution >= 4 is 27.4 Å². The van der Waals surface area contributed by atoms with E-state index in [4.69, 9.17) is 10.2 Å². The molecule has 27 heavy (non-hydrogen) atoms. The van der Waals surface area contributed by atoms with E-state index in [2.05, 4.69) is 40.9 Å². The van der Waals surface area contributed by atoms with Crippen LogP contribution >= 0.6 is 11.3 Å². The van der Waals surface area contributed by atoms with E-state index in [1.807, 2.05) is 29.5 Å². The van der Waals surface area contributed by atoms with Crippen LogP contribution in [0.25, 0.3) is 10.9 Å². The zero-order chi connectivity index (χ0) is 18.8. The van der Waals surface area contributed by atoms with Crippen LogP contribution in [0, 0.1) is 25.2 Å². The van der Waals surface area contributed by atoms with Crippen molar-refractivity contribution in [2.45, 2.75) is 26.7 Å². The first-order chi connectivity index (χ1) is 13.1. The topological polar surface area (TPSA) is 59.0 Å². The third-order valence-corrected chi connectivity index (χ3v) is 6.61. The van der Waals surface area contributed by atoms with Crippen LogP contribution in [0.4, 0.5) is 5.13 Å². The minimum absolute atomic E-state index is 0.729. The summed E-state index contributed by atoms with van der Waals surface area (Å²) in [6.45, 7) is 9.69. The van der Waals surface area contributed by atoms with Crippen molar-refractivity contribution in [1.82, 2.24) is 14.9 Å². The zero-order valence-electron chi connectivity index (χ0n) is 16.0. The predicted molar refractivity (Wildman–Crippen MR) is 112 cm³/mol. The summed E-state index contributed by atoms with van der Waals surface area (Å²) < 4.78 is 0. The van der Waals surface area contributed by atoms with Gasteiger partial charge in [0.05, 0.1) is 17.3 Å². The summed E-state index contributed by atoms with van der Waals surface area (Å²) >= 11 is 1.81. The highest BCUT2D eigenvalue weighted by molar-refractivity contribution is 7.15. The maximum atomic E-state index is 9.12. The van der Waals surface area contributed by atoms with Crippen LogP contribution in [-0.2, 0) is 6.42 Å². The molecule has 1 fully saturated rings. The Kier molecular flexibility index (Phi) is 5.15. The highest BCUT2D eigenvalue weighted by Gasteiger charge is 2.19. The maximum Gasteiger partial charge on any atom is 0.185 e. The Morgan fingerprint density at radius 2 is 2.04 bits per heavy atom. The molecular weight excluding hydrogens is 354 g/mol. The summed E-state index contributed by atoms with van der Waals surface area (Å²) in [4.78, 5) is 14.3. The third kappa shape index (κ3) is 3.85. The molecule has 0 bridgehead atoms. The molecular formula is C21H25N5S. The van der Waals surface area contributed by atoms with Gasteiger partial charge in [-0.25, -0.2) is 4.98 Å². The summed E-state index contributed by atoms with van der Waals surface area (Å²) in [5, 5.41) is 11.5. The van der Waals surface area contributed by atoms with Crippen molar-refractivity contribution in [3.63, 3.8) is 0 Å². The minimum atomic E-state index is 0.729. The van der Waals surface area contributed by atoms with Crippen LogP contribution in [0.3, 0.4) is 0 Å².